The van der Waals surface area contributed by atoms with Crippen LogP contribution in [0.25, 0.3) is 0 Å². The second kappa shape index (κ2) is 11.2. The number of hydrogen-bond acceptors (Lipinski definition) is 8. The molecule has 1 aliphatic rings. The number of fused-ring (bicyclic) bond motifs is 1. The summed E-state index contributed by atoms with van der Waals surface area (Å²) < 4.78 is 40.1. The number of rotatable bonds is 8. The first-order valence-corrected chi connectivity index (χ1v) is 15.0. The van der Waals surface area contributed by atoms with Crippen molar-refractivity contribution >= 4 is 33.1 Å². The van der Waals surface area contributed by atoms with Crippen LogP contribution in [0.5, 0.6) is 5.75 Å². The van der Waals surface area contributed by atoms with E-state index < -0.39 is 21.4 Å². The lowest BCUT2D eigenvalue weighted by Crippen LogP contribution is -2.36. The summed E-state index contributed by atoms with van der Waals surface area (Å²) in [4.78, 5) is 30.5. The van der Waals surface area contributed by atoms with Crippen LogP contribution in [0.1, 0.15) is 71.3 Å². The standard InChI is InChI=1S/C29H34N2O6S2/c1-7-22-17-31(39(34,35)26-15-30-13-12-23(26)37-22)16-21-14-20(9-8-18(21)2)27(29(4,5)28(33)36-6)25-11-10-24(38-25)19(3)32/h8-15,22,27H,7,16-17H2,1-6H3. The van der Waals surface area contributed by atoms with Crippen molar-refractivity contribution in [1.29, 1.82) is 0 Å². The molecule has 0 aliphatic carbocycles. The van der Waals surface area contributed by atoms with Crippen LogP contribution >= 0.6 is 11.3 Å². The molecule has 3 aromatic rings. The highest BCUT2D eigenvalue weighted by Gasteiger charge is 2.41. The number of carbonyl (C=O) groups is 2. The zero-order valence-corrected chi connectivity index (χ0v) is 24.7. The van der Waals surface area contributed by atoms with Crippen molar-refractivity contribution in [3.63, 3.8) is 0 Å². The summed E-state index contributed by atoms with van der Waals surface area (Å²) in [5.74, 6) is -0.530. The Hall–Kier alpha value is -3.08. The third kappa shape index (κ3) is 5.64. The van der Waals surface area contributed by atoms with Gasteiger partial charge >= 0.3 is 5.97 Å². The van der Waals surface area contributed by atoms with Gasteiger partial charge in [-0.05, 0) is 69.0 Å². The van der Waals surface area contributed by atoms with Gasteiger partial charge in [0.05, 0.1) is 30.1 Å². The third-order valence-corrected chi connectivity index (χ3v) is 10.3. The lowest BCUT2D eigenvalue weighted by Gasteiger charge is -2.32. The summed E-state index contributed by atoms with van der Waals surface area (Å²) in [7, 11) is -2.52. The quantitative estimate of drug-likeness (QED) is 0.266. The van der Waals surface area contributed by atoms with Crippen molar-refractivity contribution in [1.82, 2.24) is 9.29 Å². The first-order valence-electron chi connectivity index (χ1n) is 12.8. The maximum Gasteiger partial charge on any atom is 0.312 e. The molecule has 2 atom stereocenters. The number of carbonyl (C=O) groups excluding carboxylic acids is 2. The highest BCUT2D eigenvalue weighted by Crippen LogP contribution is 2.45. The van der Waals surface area contributed by atoms with Gasteiger partial charge in [0.1, 0.15) is 16.7 Å². The van der Waals surface area contributed by atoms with Crippen LogP contribution in [0, 0.1) is 12.3 Å². The second-order valence-corrected chi connectivity index (χ2v) is 13.4. The molecule has 3 heterocycles. The minimum Gasteiger partial charge on any atom is -0.488 e. The Labute approximate surface area is 234 Å². The average molecular weight is 571 g/mol. The Morgan fingerprint density at radius 2 is 1.97 bits per heavy atom. The van der Waals surface area contributed by atoms with E-state index in [9.17, 15) is 18.0 Å². The molecule has 0 spiro atoms. The van der Waals surface area contributed by atoms with E-state index in [0.717, 1.165) is 21.6 Å². The van der Waals surface area contributed by atoms with Crippen LogP contribution in [-0.4, -0.2) is 49.2 Å². The number of hydrogen-bond donors (Lipinski definition) is 0. The molecule has 0 N–H and O–H groups in total. The number of ketones is 1. The van der Waals surface area contributed by atoms with Crippen LogP contribution in [0.15, 0.2) is 53.7 Å². The van der Waals surface area contributed by atoms with E-state index in [1.807, 2.05) is 52.0 Å². The summed E-state index contributed by atoms with van der Waals surface area (Å²) in [5, 5.41) is 0. The smallest absolute Gasteiger partial charge is 0.312 e. The van der Waals surface area contributed by atoms with Crippen LogP contribution < -0.4 is 4.74 Å². The largest absolute Gasteiger partial charge is 0.488 e. The first-order chi connectivity index (χ1) is 18.4. The predicted octanol–water partition coefficient (Wildman–Crippen LogP) is 5.35. The van der Waals surface area contributed by atoms with Gasteiger partial charge in [0.2, 0.25) is 10.0 Å². The van der Waals surface area contributed by atoms with Gasteiger partial charge in [-0.3, -0.25) is 14.6 Å². The topological polar surface area (TPSA) is 103 Å². The van der Waals surface area contributed by atoms with Crippen LogP contribution in [0.3, 0.4) is 0 Å². The fourth-order valence-electron chi connectivity index (χ4n) is 4.95. The monoisotopic (exact) mass is 570 g/mol. The Balaban J connectivity index is 1.80. The molecule has 0 amide bonds. The van der Waals surface area contributed by atoms with Gasteiger partial charge in [0.15, 0.2) is 5.78 Å². The minimum absolute atomic E-state index is 0.0423. The lowest BCUT2D eigenvalue weighted by molar-refractivity contribution is -0.151. The van der Waals surface area contributed by atoms with Gasteiger partial charge < -0.3 is 9.47 Å². The van der Waals surface area contributed by atoms with E-state index in [1.54, 1.807) is 12.1 Å². The summed E-state index contributed by atoms with van der Waals surface area (Å²) in [5.41, 5.74) is 1.61. The molecule has 0 fully saturated rings. The first kappa shape index (κ1) is 28.9. The minimum atomic E-state index is -3.88. The zero-order chi connectivity index (χ0) is 28.5. The Morgan fingerprint density at radius 3 is 2.62 bits per heavy atom. The van der Waals surface area contributed by atoms with Gasteiger partial charge in [-0.1, -0.05) is 25.1 Å². The van der Waals surface area contributed by atoms with Crippen LogP contribution in [-0.2, 0) is 26.1 Å². The van der Waals surface area contributed by atoms with Crippen molar-refractivity contribution in [3.05, 3.63) is 75.2 Å². The number of pyridine rings is 1. The van der Waals surface area contributed by atoms with Crippen molar-refractivity contribution in [3.8, 4) is 5.75 Å². The Bertz CT molecular complexity index is 1490. The molecule has 0 bridgehead atoms. The molecule has 208 valence electrons. The predicted molar refractivity (Wildman–Crippen MR) is 150 cm³/mol. The van der Waals surface area contributed by atoms with Crippen molar-refractivity contribution in [2.45, 2.75) is 64.5 Å². The molecule has 0 saturated carbocycles. The van der Waals surface area contributed by atoms with E-state index >= 15 is 0 Å². The summed E-state index contributed by atoms with van der Waals surface area (Å²) in [6.45, 7) is 9.38. The number of sulfonamides is 1. The number of aryl methyl sites for hydroxylation is 1. The number of benzene rings is 1. The van der Waals surface area contributed by atoms with Crippen molar-refractivity contribution in [2.75, 3.05) is 13.7 Å². The molecule has 0 radical (unpaired) electrons. The molecule has 2 unspecified atom stereocenters. The molecule has 1 aliphatic heterocycles. The van der Waals surface area contributed by atoms with Crippen molar-refractivity contribution < 1.29 is 27.5 Å². The molecule has 0 saturated heterocycles. The highest BCUT2D eigenvalue weighted by molar-refractivity contribution is 7.89. The maximum atomic E-state index is 13.7. The van der Waals surface area contributed by atoms with E-state index in [4.69, 9.17) is 9.47 Å². The number of nitrogens with zero attached hydrogens (tertiary/aromatic N) is 2. The number of Topliss-reactive ketones (excluding diaryl/α,β-unsaturated/α-hetero) is 1. The van der Waals surface area contributed by atoms with E-state index in [2.05, 4.69) is 4.98 Å². The fraction of sp³-hybridized carbons (Fsp3) is 0.414. The number of aromatic nitrogens is 1. The SMILES string of the molecule is CCC1CN(Cc2cc(C(c3ccc(C(C)=O)s3)C(C)(C)C(=O)OC)ccc2C)S(=O)(=O)c2cnccc2O1. The number of esters is 1. The van der Waals surface area contributed by atoms with Gasteiger partial charge in [0.25, 0.3) is 0 Å². The van der Waals surface area contributed by atoms with E-state index in [0.29, 0.717) is 17.0 Å². The number of ether oxygens (including phenoxy) is 2. The van der Waals surface area contributed by atoms with E-state index in [1.165, 1.54) is 42.1 Å². The van der Waals surface area contributed by atoms with Crippen molar-refractivity contribution in [2.24, 2.45) is 5.41 Å². The average Bonchev–Trinajstić information content (AvgIpc) is 3.35. The van der Waals surface area contributed by atoms with Gasteiger partial charge in [-0.15, -0.1) is 11.3 Å². The zero-order valence-electron chi connectivity index (χ0n) is 23.1. The van der Waals surface area contributed by atoms with Crippen LogP contribution in [0.4, 0.5) is 0 Å². The van der Waals surface area contributed by atoms with E-state index in [-0.39, 0.29) is 35.8 Å². The molecule has 1 aromatic carbocycles. The second-order valence-electron chi connectivity index (χ2n) is 10.4. The number of methoxy groups -OCH3 is 1. The molecule has 4 rings (SSSR count). The number of thiophene rings is 1. The van der Waals surface area contributed by atoms with Crippen LogP contribution in [0.2, 0.25) is 0 Å². The molecular formula is C29H34N2O6S2. The molecule has 10 heteroatoms. The lowest BCUT2D eigenvalue weighted by atomic mass is 9.73. The molecule has 8 nitrogen and oxygen atoms in total. The summed E-state index contributed by atoms with van der Waals surface area (Å²) in [6.07, 6.45) is 3.18. The van der Waals surface area contributed by atoms with Gasteiger partial charge in [0, 0.05) is 23.5 Å². The summed E-state index contributed by atoms with van der Waals surface area (Å²) >= 11 is 1.36. The molecular weight excluding hydrogens is 536 g/mol. The third-order valence-electron chi connectivity index (χ3n) is 7.27. The Kier molecular flexibility index (Phi) is 8.30. The van der Waals surface area contributed by atoms with Gasteiger partial charge in [-0.2, -0.15) is 4.31 Å². The van der Waals surface area contributed by atoms with Gasteiger partial charge in [-0.25, -0.2) is 8.42 Å². The normalized spacial score (nSPS) is 17.9. The Morgan fingerprint density at radius 1 is 1.23 bits per heavy atom. The highest BCUT2D eigenvalue weighted by atomic mass is 32.2. The molecule has 39 heavy (non-hydrogen) atoms. The summed E-state index contributed by atoms with van der Waals surface area (Å²) in [6, 6.07) is 11.1. The molecule has 2 aromatic heterocycles. The maximum absolute atomic E-state index is 13.7. The fourth-order valence-corrected chi connectivity index (χ4v) is 7.68.